The zero-order valence-electron chi connectivity index (χ0n) is 14.6. The van der Waals surface area contributed by atoms with Crippen molar-refractivity contribution < 1.29 is 4.52 Å². The van der Waals surface area contributed by atoms with Crippen molar-refractivity contribution in [3.63, 3.8) is 0 Å². The molecule has 2 N–H and O–H groups in total. The molecule has 0 atom stereocenters. The minimum absolute atomic E-state index is 0. The lowest BCUT2D eigenvalue weighted by Crippen LogP contribution is -2.37. The van der Waals surface area contributed by atoms with Crippen molar-refractivity contribution in [2.75, 3.05) is 13.6 Å². The predicted octanol–water partition coefficient (Wildman–Crippen LogP) is 3.48. The summed E-state index contributed by atoms with van der Waals surface area (Å²) in [5.74, 6) is 1.96. The summed E-state index contributed by atoms with van der Waals surface area (Å²) in [4.78, 5) is 8.68. The van der Waals surface area contributed by atoms with Crippen LogP contribution in [0.25, 0.3) is 0 Å². The second kappa shape index (κ2) is 10.7. The van der Waals surface area contributed by atoms with Crippen LogP contribution in [0.2, 0.25) is 0 Å². The number of hydrogen-bond acceptors (Lipinski definition) is 5. The van der Waals surface area contributed by atoms with Crippen molar-refractivity contribution in [3.8, 4) is 0 Å². The number of halogens is 1. The normalized spacial score (nSPS) is 11.5. The Morgan fingerprint density at radius 2 is 2.17 bits per heavy atom. The first-order chi connectivity index (χ1) is 11.1. The van der Waals surface area contributed by atoms with Crippen LogP contribution >= 0.6 is 35.3 Å². The van der Waals surface area contributed by atoms with Gasteiger partial charge in [0.1, 0.15) is 0 Å². The molecule has 0 fully saturated rings. The van der Waals surface area contributed by atoms with Gasteiger partial charge in [0.15, 0.2) is 11.7 Å². The van der Waals surface area contributed by atoms with Crippen LogP contribution in [0.5, 0.6) is 0 Å². The van der Waals surface area contributed by atoms with Crippen LogP contribution in [0, 0.1) is 6.92 Å². The molecule has 134 valence electrons. The van der Waals surface area contributed by atoms with Gasteiger partial charge in [-0.2, -0.15) is 0 Å². The van der Waals surface area contributed by atoms with Gasteiger partial charge in [-0.05, 0) is 19.3 Å². The molecule has 0 bridgehead atoms. The highest BCUT2D eigenvalue weighted by atomic mass is 127. The zero-order valence-corrected chi connectivity index (χ0v) is 17.8. The SMILES string of the molecule is CN=C(NCCCc1nc(C)cs1)NCc1cc(C(C)C)no1.I. The van der Waals surface area contributed by atoms with Crippen LogP contribution in [0.15, 0.2) is 21.0 Å². The van der Waals surface area contributed by atoms with Crippen LogP contribution in [-0.4, -0.2) is 29.7 Å². The number of rotatable bonds is 7. The molecule has 0 saturated heterocycles. The van der Waals surface area contributed by atoms with E-state index >= 15 is 0 Å². The zero-order chi connectivity index (χ0) is 16.7. The van der Waals surface area contributed by atoms with Crippen molar-refractivity contribution in [3.05, 3.63) is 33.6 Å². The quantitative estimate of drug-likeness (QED) is 0.285. The first kappa shape index (κ1) is 20.9. The van der Waals surface area contributed by atoms with Crippen molar-refractivity contribution in [2.24, 2.45) is 4.99 Å². The average molecular weight is 463 g/mol. The molecule has 8 heteroatoms. The fourth-order valence-corrected chi connectivity index (χ4v) is 2.86. The molecule has 2 rings (SSSR count). The first-order valence-electron chi connectivity index (χ1n) is 7.89. The molecular weight excluding hydrogens is 437 g/mol. The van der Waals surface area contributed by atoms with E-state index in [0.29, 0.717) is 12.5 Å². The largest absolute Gasteiger partial charge is 0.359 e. The smallest absolute Gasteiger partial charge is 0.191 e. The highest BCUT2D eigenvalue weighted by Gasteiger charge is 2.08. The van der Waals surface area contributed by atoms with Gasteiger partial charge in [-0.3, -0.25) is 4.99 Å². The third-order valence-corrected chi connectivity index (χ3v) is 4.38. The molecule has 0 aliphatic rings. The summed E-state index contributed by atoms with van der Waals surface area (Å²) in [7, 11) is 1.76. The Bertz CT molecular complexity index is 638. The molecule has 6 nitrogen and oxygen atoms in total. The van der Waals surface area contributed by atoms with Crippen molar-refractivity contribution >= 4 is 41.3 Å². The molecule has 0 aromatic carbocycles. The summed E-state index contributed by atoms with van der Waals surface area (Å²) in [5.41, 5.74) is 2.08. The van der Waals surface area contributed by atoms with Crippen molar-refractivity contribution in [1.29, 1.82) is 0 Å². The molecule has 0 unspecified atom stereocenters. The second-order valence-corrected chi connectivity index (χ2v) is 6.65. The molecular formula is C16H26IN5OS. The van der Waals surface area contributed by atoms with E-state index in [2.05, 4.69) is 45.0 Å². The minimum Gasteiger partial charge on any atom is -0.359 e. The molecule has 2 aromatic heterocycles. The Morgan fingerprint density at radius 3 is 2.75 bits per heavy atom. The average Bonchev–Trinajstić information content (AvgIpc) is 3.15. The molecule has 0 amide bonds. The molecule has 0 saturated carbocycles. The van der Waals surface area contributed by atoms with E-state index < -0.39 is 0 Å². The number of aliphatic imine (C=N–C) groups is 1. The van der Waals surface area contributed by atoms with Crippen LogP contribution in [0.1, 0.15) is 48.3 Å². The highest BCUT2D eigenvalue weighted by molar-refractivity contribution is 14.0. The molecule has 2 heterocycles. The Morgan fingerprint density at radius 1 is 1.38 bits per heavy atom. The van der Waals surface area contributed by atoms with E-state index in [9.17, 15) is 0 Å². The Hall–Kier alpha value is -1.16. The molecule has 0 spiro atoms. The number of hydrogen-bond donors (Lipinski definition) is 2. The van der Waals surface area contributed by atoms with E-state index in [1.165, 1.54) is 5.01 Å². The van der Waals surface area contributed by atoms with Gasteiger partial charge in [0, 0.05) is 37.2 Å². The van der Waals surface area contributed by atoms with Crippen LogP contribution in [-0.2, 0) is 13.0 Å². The molecule has 24 heavy (non-hydrogen) atoms. The lowest BCUT2D eigenvalue weighted by atomic mass is 10.1. The fraction of sp³-hybridized carbons (Fsp3) is 0.562. The third kappa shape index (κ3) is 6.76. The maximum atomic E-state index is 5.30. The summed E-state index contributed by atoms with van der Waals surface area (Å²) in [5, 5.41) is 13.9. The number of guanidine groups is 1. The number of nitrogens with zero attached hydrogens (tertiary/aromatic N) is 3. The standard InChI is InChI=1S/C16H25N5OS.HI/c1-11(2)14-8-13(22-21-14)9-19-16(17-4)18-7-5-6-15-20-12(3)10-23-15;/h8,10-11H,5-7,9H2,1-4H3,(H2,17,18,19);1H. The summed E-state index contributed by atoms with van der Waals surface area (Å²) in [6.45, 7) is 7.65. The topological polar surface area (TPSA) is 75.3 Å². The van der Waals surface area contributed by atoms with Gasteiger partial charge in [-0.25, -0.2) is 4.98 Å². The first-order valence-corrected chi connectivity index (χ1v) is 8.77. The molecule has 0 radical (unpaired) electrons. The van der Waals surface area contributed by atoms with E-state index in [0.717, 1.165) is 42.5 Å². The van der Waals surface area contributed by atoms with Crippen LogP contribution in [0.4, 0.5) is 0 Å². The number of nitrogens with one attached hydrogen (secondary N) is 2. The maximum absolute atomic E-state index is 5.30. The molecule has 0 aliphatic carbocycles. The van der Waals surface area contributed by atoms with E-state index in [1.807, 2.05) is 13.0 Å². The van der Waals surface area contributed by atoms with Crippen LogP contribution < -0.4 is 10.6 Å². The monoisotopic (exact) mass is 463 g/mol. The van der Waals surface area contributed by atoms with Gasteiger partial charge in [0.2, 0.25) is 0 Å². The van der Waals surface area contributed by atoms with Gasteiger partial charge >= 0.3 is 0 Å². The van der Waals surface area contributed by atoms with Gasteiger partial charge in [0.25, 0.3) is 0 Å². The Labute approximate surface area is 164 Å². The summed E-state index contributed by atoms with van der Waals surface area (Å²) in [6, 6.07) is 1.98. The maximum Gasteiger partial charge on any atom is 0.191 e. The minimum atomic E-state index is 0. The van der Waals surface area contributed by atoms with Gasteiger partial charge in [-0.1, -0.05) is 19.0 Å². The van der Waals surface area contributed by atoms with Crippen molar-refractivity contribution in [1.82, 2.24) is 20.8 Å². The highest BCUT2D eigenvalue weighted by Crippen LogP contribution is 2.13. The second-order valence-electron chi connectivity index (χ2n) is 5.71. The fourth-order valence-electron chi connectivity index (χ4n) is 2.04. The summed E-state index contributed by atoms with van der Waals surface area (Å²) >= 11 is 1.72. The Balaban J connectivity index is 0.00000288. The molecule has 2 aromatic rings. The number of aromatic nitrogens is 2. The lowest BCUT2D eigenvalue weighted by molar-refractivity contribution is 0.372. The summed E-state index contributed by atoms with van der Waals surface area (Å²) in [6.07, 6.45) is 2.01. The van der Waals surface area contributed by atoms with Crippen LogP contribution in [0.3, 0.4) is 0 Å². The Kier molecular flexibility index (Phi) is 9.27. The van der Waals surface area contributed by atoms with E-state index in [-0.39, 0.29) is 24.0 Å². The van der Waals surface area contributed by atoms with Gasteiger partial charge in [-0.15, -0.1) is 35.3 Å². The number of aryl methyl sites for hydroxylation is 2. The van der Waals surface area contributed by atoms with Crippen molar-refractivity contribution in [2.45, 2.75) is 46.1 Å². The van der Waals surface area contributed by atoms with Gasteiger partial charge < -0.3 is 15.2 Å². The lowest BCUT2D eigenvalue weighted by Gasteiger charge is -2.10. The van der Waals surface area contributed by atoms with E-state index in [1.54, 1.807) is 18.4 Å². The number of thiazole rings is 1. The third-order valence-electron chi connectivity index (χ3n) is 3.35. The molecule has 0 aliphatic heterocycles. The summed E-state index contributed by atoms with van der Waals surface area (Å²) < 4.78 is 5.30. The van der Waals surface area contributed by atoms with E-state index in [4.69, 9.17) is 4.52 Å². The van der Waals surface area contributed by atoms with Gasteiger partial charge in [0.05, 0.1) is 17.2 Å². The predicted molar refractivity (Wildman–Crippen MR) is 109 cm³/mol.